The first-order valence-electron chi connectivity index (χ1n) is 5.37. The van der Waals surface area contributed by atoms with E-state index in [0.717, 1.165) is 11.6 Å². The summed E-state index contributed by atoms with van der Waals surface area (Å²) in [6.45, 7) is 0.255. The van der Waals surface area contributed by atoms with E-state index < -0.39 is 17.3 Å². The summed E-state index contributed by atoms with van der Waals surface area (Å²) in [5, 5.41) is 0. The molecule has 2 rings (SSSR count). The number of pyridine rings is 2. The van der Waals surface area contributed by atoms with Gasteiger partial charge in [0.15, 0.2) is 0 Å². The number of aromatic nitrogens is 2. The average Bonchev–Trinajstić information content (AvgIpc) is 2.38. The predicted molar refractivity (Wildman–Crippen MR) is 63.2 cm³/mol. The van der Waals surface area contributed by atoms with Crippen molar-refractivity contribution >= 4 is 0 Å². The quantitative estimate of drug-likeness (QED) is 0.874. The molecule has 3 N–H and O–H groups in total. The molecule has 0 amide bonds. The molecule has 0 radical (unpaired) electrons. The second-order valence-corrected chi connectivity index (χ2v) is 3.88. The van der Waals surface area contributed by atoms with Crippen molar-refractivity contribution < 1.29 is 13.2 Å². The number of H-pyrrole nitrogens is 1. The number of alkyl halides is 3. The maximum atomic E-state index is 12.6. The van der Waals surface area contributed by atoms with Crippen molar-refractivity contribution in [1.29, 1.82) is 0 Å². The van der Waals surface area contributed by atoms with Crippen LogP contribution in [0.2, 0.25) is 0 Å². The van der Waals surface area contributed by atoms with E-state index in [-0.39, 0.29) is 12.1 Å². The predicted octanol–water partition coefficient (Wildman–Crippen LogP) is 1.91. The maximum Gasteiger partial charge on any atom is 0.421 e. The van der Waals surface area contributed by atoms with Gasteiger partial charge in [-0.3, -0.25) is 9.78 Å². The van der Waals surface area contributed by atoms with Crippen LogP contribution in [0.15, 0.2) is 35.4 Å². The molecule has 4 nitrogen and oxygen atoms in total. The van der Waals surface area contributed by atoms with Crippen LogP contribution in [0, 0.1) is 0 Å². The number of hydrogen-bond acceptors (Lipinski definition) is 3. The highest BCUT2D eigenvalue weighted by Crippen LogP contribution is 2.28. The van der Waals surface area contributed by atoms with Crippen LogP contribution < -0.4 is 11.3 Å². The molecule has 100 valence electrons. The van der Waals surface area contributed by atoms with Gasteiger partial charge < -0.3 is 10.7 Å². The second-order valence-electron chi connectivity index (χ2n) is 3.88. The lowest BCUT2D eigenvalue weighted by molar-refractivity contribution is -0.138. The van der Waals surface area contributed by atoms with E-state index in [9.17, 15) is 18.0 Å². The highest BCUT2D eigenvalue weighted by Gasteiger charge is 2.34. The third-order valence-electron chi connectivity index (χ3n) is 2.56. The van der Waals surface area contributed by atoms with Crippen molar-refractivity contribution in [2.45, 2.75) is 12.7 Å². The Bertz CT molecular complexity index is 649. The SMILES string of the molecule is NCc1ccnc(-c2c[nH]c(=O)c(C(F)(F)F)c2)c1. The molecule has 7 heteroatoms. The van der Waals surface area contributed by atoms with Gasteiger partial charge in [0.25, 0.3) is 5.56 Å². The minimum atomic E-state index is -4.70. The molecule has 0 saturated carbocycles. The van der Waals surface area contributed by atoms with Gasteiger partial charge in [-0.1, -0.05) is 0 Å². The smallest absolute Gasteiger partial charge is 0.328 e. The summed E-state index contributed by atoms with van der Waals surface area (Å²) >= 11 is 0. The Balaban J connectivity index is 2.54. The van der Waals surface area contributed by atoms with Crippen LogP contribution in [0.5, 0.6) is 0 Å². The zero-order valence-corrected chi connectivity index (χ0v) is 9.66. The molecule has 0 saturated heterocycles. The van der Waals surface area contributed by atoms with Gasteiger partial charge in [-0.2, -0.15) is 13.2 Å². The number of halogens is 3. The molecular formula is C12H10F3N3O. The maximum absolute atomic E-state index is 12.6. The Hall–Kier alpha value is -2.15. The Morgan fingerprint density at radius 2 is 2.05 bits per heavy atom. The number of aromatic amines is 1. The molecule has 0 fully saturated rings. The molecule has 0 aliphatic heterocycles. The lowest BCUT2D eigenvalue weighted by Gasteiger charge is -2.08. The summed E-state index contributed by atoms with van der Waals surface area (Å²) in [5.74, 6) is 0. The van der Waals surface area contributed by atoms with E-state index >= 15 is 0 Å². The molecule has 0 aliphatic carbocycles. The third kappa shape index (κ3) is 2.82. The van der Waals surface area contributed by atoms with Crippen molar-refractivity contribution in [2.24, 2.45) is 5.73 Å². The molecule has 2 aromatic heterocycles. The Kier molecular flexibility index (Phi) is 3.39. The first-order valence-corrected chi connectivity index (χ1v) is 5.37. The van der Waals surface area contributed by atoms with Gasteiger partial charge in [0.05, 0.1) is 5.69 Å². The van der Waals surface area contributed by atoms with Gasteiger partial charge >= 0.3 is 6.18 Å². The summed E-state index contributed by atoms with van der Waals surface area (Å²) < 4.78 is 37.9. The van der Waals surface area contributed by atoms with Crippen molar-refractivity contribution in [3.05, 3.63) is 52.1 Å². The first kappa shape index (κ1) is 13.3. The average molecular weight is 269 g/mol. The zero-order chi connectivity index (χ0) is 14.0. The summed E-state index contributed by atoms with van der Waals surface area (Å²) in [6, 6.07) is 4.02. The van der Waals surface area contributed by atoms with Crippen molar-refractivity contribution in [3.63, 3.8) is 0 Å². The number of nitrogens with zero attached hydrogens (tertiary/aromatic N) is 1. The Morgan fingerprint density at radius 1 is 1.32 bits per heavy atom. The zero-order valence-electron chi connectivity index (χ0n) is 9.66. The highest BCUT2D eigenvalue weighted by molar-refractivity contribution is 5.59. The molecule has 0 bridgehead atoms. The standard InChI is InChI=1S/C12H10F3N3O/c13-12(14,15)9-4-8(6-18-11(9)19)10-3-7(5-16)1-2-17-10/h1-4,6H,5,16H2,(H,18,19). The topological polar surface area (TPSA) is 71.8 Å². The van der Waals surface area contributed by atoms with E-state index in [2.05, 4.69) is 9.97 Å². The minimum Gasteiger partial charge on any atom is -0.328 e. The second kappa shape index (κ2) is 4.85. The molecule has 0 spiro atoms. The third-order valence-corrected chi connectivity index (χ3v) is 2.56. The highest BCUT2D eigenvalue weighted by atomic mass is 19.4. The van der Waals surface area contributed by atoms with Crippen molar-refractivity contribution in [3.8, 4) is 11.3 Å². The van der Waals surface area contributed by atoms with Crippen LogP contribution in [0.1, 0.15) is 11.1 Å². The fourth-order valence-electron chi connectivity index (χ4n) is 1.60. The molecule has 2 heterocycles. The monoisotopic (exact) mass is 269 g/mol. The summed E-state index contributed by atoms with van der Waals surface area (Å²) in [7, 11) is 0. The molecule has 2 aromatic rings. The van der Waals surface area contributed by atoms with E-state index in [4.69, 9.17) is 5.73 Å². The van der Waals surface area contributed by atoms with Crippen LogP contribution in [0.25, 0.3) is 11.3 Å². The Labute approximate surface area is 106 Å². The van der Waals surface area contributed by atoms with Crippen molar-refractivity contribution in [1.82, 2.24) is 9.97 Å². The molecule has 19 heavy (non-hydrogen) atoms. The first-order chi connectivity index (χ1) is 8.91. The van der Waals surface area contributed by atoms with Crippen LogP contribution in [0.4, 0.5) is 13.2 Å². The van der Waals surface area contributed by atoms with Gasteiger partial charge in [0.1, 0.15) is 5.56 Å². The van der Waals surface area contributed by atoms with E-state index in [1.54, 1.807) is 12.1 Å². The number of hydrogen-bond donors (Lipinski definition) is 2. The fraction of sp³-hybridized carbons (Fsp3) is 0.167. The lowest BCUT2D eigenvalue weighted by Crippen LogP contribution is -2.21. The molecule has 0 aliphatic rings. The van der Waals surface area contributed by atoms with Gasteiger partial charge in [-0.15, -0.1) is 0 Å². The number of nitrogens with two attached hydrogens (primary N) is 1. The van der Waals surface area contributed by atoms with Crippen molar-refractivity contribution in [2.75, 3.05) is 0 Å². The molecule has 0 aromatic carbocycles. The summed E-state index contributed by atoms with van der Waals surface area (Å²) in [4.78, 5) is 17.2. The van der Waals surface area contributed by atoms with E-state index in [0.29, 0.717) is 5.69 Å². The molecule has 0 unspecified atom stereocenters. The fourth-order valence-corrected chi connectivity index (χ4v) is 1.60. The van der Waals surface area contributed by atoms with Gasteiger partial charge in [0.2, 0.25) is 0 Å². The van der Waals surface area contributed by atoms with Crippen LogP contribution in [-0.4, -0.2) is 9.97 Å². The number of rotatable bonds is 2. The molecule has 0 atom stereocenters. The van der Waals surface area contributed by atoms with E-state index in [1.807, 2.05) is 0 Å². The lowest BCUT2D eigenvalue weighted by atomic mass is 10.1. The summed E-state index contributed by atoms with van der Waals surface area (Å²) in [5.41, 5.74) is 4.28. The normalized spacial score (nSPS) is 11.6. The largest absolute Gasteiger partial charge is 0.421 e. The van der Waals surface area contributed by atoms with Gasteiger partial charge in [-0.25, -0.2) is 0 Å². The number of nitrogens with one attached hydrogen (secondary N) is 1. The molecular weight excluding hydrogens is 259 g/mol. The Morgan fingerprint density at radius 3 is 2.68 bits per heavy atom. The van der Waals surface area contributed by atoms with Gasteiger partial charge in [0, 0.05) is 24.5 Å². The minimum absolute atomic E-state index is 0.183. The van der Waals surface area contributed by atoms with Crippen LogP contribution in [0.3, 0.4) is 0 Å². The van der Waals surface area contributed by atoms with Crippen LogP contribution in [-0.2, 0) is 12.7 Å². The van der Waals surface area contributed by atoms with E-state index in [1.165, 1.54) is 12.4 Å². The summed E-state index contributed by atoms with van der Waals surface area (Å²) in [6.07, 6.45) is -2.05. The van der Waals surface area contributed by atoms with Crippen LogP contribution >= 0.6 is 0 Å². The van der Waals surface area contributed by atoms with Gasteiger partial charge in [-0.05, 0) is 23.8 Å².